The molecule has 0 spiro atoms. The Bertz CT molecular complexity index is 576. The summed E-state index contributed by atoms with van der Waals surface area (Å²) in [5.41, 5.74) is 2.90. The maximum Gasteiger partial charge on any atom is 0.335 e. The van der Waals surface area contributed by atoms with Crippen LogP contribution in [0.15, 0.2) is 24.3 Å². The van der Waals surface area contributed by atoms with Crippen molar-refractivity contribution in [1.29, 1.82) is 0 Å². The minimum Gasteiger partial charge on any atom is -0.479 e. The SMILES string of the molecule is C#CCNC1CCc2ccccc21.O=C(O)C(O)C(O)C(=O)O. The second kappa shape index (κ2) is 8.90. The van der Waals surface area contributed by atoms with Crippen molar-refractivity contribution >= 4 is 11.9 Å². The lowest BCUT2D eigenvalue weighted by Crippen LogP contribution is -2.39. The van der Waals surface area contributed by atoms with Gasteiger partial charge < -0.3 is 20.4 Å². The third-order valence-electron chi connectivity index (χ3n) is 3.39. The zero-order valence-corrected chi connectivity index (χ0v) is 12.3. The Morgan fingerprint density at radius 1 is 1.22 bits per heavy atom. The zero-order chi connectivity index (χ0) is 17.4. The quantitative estimate of drug-likeness (QED) is 0.474. The minimum atomic E-state index is -2.27. The van der Waals surface area contributed by atoms with E-state index in [4.69, 9.17) is 26.8 Å². The first-order valence-electron chi connectivity index (χ1n) is 6.94. The lowest BCUT2D eigenvalue weighted by atomic mass is 10.1. The lowest BCUT2D eigenvalue weighted by Gasteiger charge is -2.10. The van der Waals surface area contributed by atoms with Gasteiger partial charge in [-0.25, -0.2) is 9.59 Å². The topological polar surface area (TPSA) is 127 Å². The van der Waals surface area contributed by atoms with Crippen LogP contribution in [-0.4, -0.2) is 51.1 Å². The van der Waals surface area contributed by atoms with Crippen LogP contribution in [0.25, 0.3) is 0 Å². The van der Waals surface area contributed by atoms with Crippen LogP contribution in [0, 0.1) is 12.3 Å². The van der Waals surface area contributed by atoms with Crippen LogP contribution in [0.4, 0.5) is 0 Å². The third-order valence-corrected chi connectivity index (χ3v) is 3.39. The van der Waals surface area contributed by atoms with Gasteiger partial charge in [-0.05, 0) is 24.0 Å². The maximum absolute atomic E-state index is 9.77. The molecule has 1 aliphatic rings. The van der Waals surface area contributed by atoms with E-state index < -0.39 is 24.1 Å². The number of terminal acetylenes is 1. The van der Waals surface area contributed by atoms with Crippen molar-refractivity contribution in [2.45, 2.75) is 31.1 Å². The van der Waals surface area contributed by atoms with Gasteiger partial charge >= 0.3 is 11.9 Å². The van der Waals surface area contributed by atoms with E-state index in [2.05, 4.69) is 35.5 Å². The third kappa shape index (κ3) is 5.38. The number of aliphatic hydroxyl groups excluding tert-OH is 2. The number of nitrogens with one attached hydrogen (secondary N) is 1. The highest BCUT2D eigenvalue weighted by Crippen LogP contribution is 2.30. The van der Waals surface area contributed by atoms with Gasteiger partial charge in [-0.15, -0.1) is 6.42 Å². The molecule has 1 aliphatic carbocycles. The molecular formula is C16H19NO6. The lowest BCUT2D eigenvalue weighted by molar-refractivity contribution is -0.165. The molecule has 5 N–H and O–H groups in total. The molecule has 0 heterocycles. The molecule has 7 heteroatoms. The van der Waals surface area contributed by atoms with Gasteiger partial charge in [0, 0.05) is 6.04 Å². The van der Waals surface area contributed by atoms with Gasteiger partial charge in [0.25, 0.3) is 0 Å². The second-order valence-electron chi connectivity index (χ2n) is 4.94. The van der Waals surface area contributed by atoms with Crippen molar-refractivity contribution in [2.75, 3.05) is 6.54 Å². The Morgan fingerprint density at radius 3 is 2.30 bits per heavy atom. The number of aliphatic carboxylic acids is 2. The van der Waals surface area contributed by atoms with E-state index in [0.29, 0.717) is 12.6 Å². The summed E-state index contributed by atoms with van der Waals surface area (Å²) >= 11 is 0. The monoisotopic (exact) mass is 321 g/mol. The molecule has 2 rings (SSSR count). The van der Waals surface area contributed by atoms with Crippen molar-refractivity contribution in [2.24, 2.45) is 0 Å². The van der Waals surface area contributed by atoms with Crippen LogP contribution in [0.2, 0.25) is 0 Å². The number of hydrogen-bond acceptors (Lipinski definition) is 5. The van der Waals surface area contributed by atoms with Gasteiger partial charge in [-0.3, -0.25) is 5.32 Å². The summed E-state index contributed by atoms with van der Waals surface area (Å²) < 4.78 is 0. The Hall–Kier alpha value is -2.40. The standard InChI is InChI=1S/C12H13N.C4H6O6/c1-2-9-13-12-8-7-10-5-3-4-6-11(10)12;5-1(3(7)8)2(6)4(9)10/h1,3-6,12-13H,7-9H2;1-2,5-6H,(H,7,8)(H,9,10). The number of rotatable bonds is 5. The normalized spacial score (nSPS) is 17.9. The molecule has 1 aromatic carbocycles. The number of carboxylic acids is 2. The Morgan fingerprint density at radius 2 is 1.78 bits per heavy atom. The number of aliphatic hydroxyl groups is 2. The van der Waals surface area contributed by atoms with Gasteiger partial charge in [0.1, 0.15) is 0 Å². The van der Waals surface area contributed by atoms with E-state index in [1.807, 2.05) is 0 Å². The Kier molecular flexibility index (Phi) is 7.22. The maximum atomic E-state index is 9.77. The molecule has 0 fully saturated rings. The highest BCUT2D eigenvalue weighted by Gasteiger charge is 2.29. The van der Waals surface area contributed by atoms with E-state index in [0.717, 1.165) is 0 Å². The molecule has 124 valence electrons. The van der Waals surface area contributed by atoms with Crippen molar-refractivity contribution in [1.82, 2.24) is 5.32 Å². The molecule has 0 bridgehead atoms. The first kappa shape index (κ1) is 18.6. The number of hydrogen-bond donors (Lipinski definition) is 5. The molecule has 23 heavy (non-hydrogen) atoms. The number of fused-ring (bicyclic) bond motifs is 1. The number of benzene rings is 1. The summed E-state index contributed by atoms with van der Waals surface area (Å²) in [5.74, 6) is -0.923. The van der Waals surface area contributed by atoms with E-state index in [1.54, 1.807) is 0 Å². The fourth-order valence-electron chi connectivity index (χ4n) is 2.22. The summed E-state index contributed by atoms with van der Waals surface area (Å²) in [7, 11) is 0. The van der Waals surface area contributed by atoms with Gasteiger partial charge in [0.15, 0.2) is 12.2 Å². The summed E-state index contributed by atoms with van der Waals surface area (Å²) in [5, 5.41) is 35.9. The van der Waals surface area contributed by atoms with Crippen molar-refractivity contribution in [3.8, 4) is 12.3 Å². The van der Waals surface area contributed by atoms with Crippen molar-refractivity contribution in [3.63, 3.8) is 0 Å². The van der Waals surface area contributed by atoms with Gasteiger partial charge in [-0.2, -0.15) is 0 Å². The molecule has 1 aromatic rings. The van der Waals surface area contributed by atoms with E-state index in [9.17, 15) is 9.59 Å². The molecule has 0 aromatic heterocycles. The average molecular weight is 321 g/mol. The summed E-state index contributed by atoms with van der Waals surface area (Å²) in [6.07, 6.45) is 3.04. The Balaban J connectivity index is 0.000000241. The Labute approximate surface area is 133 Å². The fraction of sp³-hybridized carbons (Fsp3) is 0.375. The van der Waals surface area contributed by atoms with E-state index >= 15 is 0 Å². The average Bonchev–Trinajstić information content (AvgIpc) is 2.95. The number of carbonyl (C=O) groups is 2. The fourth-order valence-corrected chi connectivity index (χ4v) is 2.22. The molecule has 0 saturated carbocycles. The van der Waals surface area contributed by atoms with Crippen LogP contribution >= 0.6 is 0 Å². The van der Waals surface area contributed by atoms with Crippen LogP contribution in [0.1, 0.15) is 23.6 Å². The van der Waals surface area contributed by atoms with Gasteiger partial charge in [-0.1, -0.05) is 30.2 Å². The van der Waals surface area contributed by atoms with Crippen LogP contribution in [0.3, 0.4) is 0 Å². The number of aryl methyl sites for hydroxylation is 1. The second-order valence-corrected chi connectivity index (χ2v) is 4.94. The van der Waals surface area contributed by atoms with E-state index in [1.165, 1.54) is 24.0 Å². The minimum absolute atomic E-state index is 0.479. The molecule has 7 nitrogen and oxygen atoms in total. The predicted molar refractivity (Wildman–Crippen MR) is 81.6 cm³/mol. The largest absolute Gasteiger partial charge is 0.479 e. The summed E-state index contributed by atoms with van der Waals surface area (Å²) in [4.78, 5) is 19.5. The molecule has 0 amide bonds. The van der Waals surface area contributed by atoms with Crippen LogP contribution in [0.5, 0.6) is 0 Å². The molecular weight excluding hydrogens is 302 g/mol. The highest BCUT2D eigenvalue weighted by molar-refractivity contribution is 5.83. The molecule has 0 aliphatic heterocycles. The summed E-state index contributed by atoms with van der Waals surface area (Å²) in [6.45, 7) is 0.666. The molecule has 0 radical (unpaired) electrons. The van der Waals surface area contributed by atoms with Crippen molar-refractivity contribution in [3.05, 3.63) is 35.4 Å². The van der Waals surface area contributed by atoms with Crippen LogP contribution in [-0.2, 0) is 16.0 Å². The number of carboxylic acid groups (broad SMARTS) is 2. The summed E-state index contributed by atoms with van der Waals surface area (Å²) in [6, 6.07) is 9.06. The highest BCUT2D eigenvalue weighted by atomic mass is 16.4. The van der Waals surface area contributed by atoms with Crippen LogP contribution < -0.4 is 5.32 Å². The smallest absolute Gasteiger partial charge is 0.335 e. The zero-order valence-electron chi connectivity index (χ0n) is 12.3. The first-order chi connectivity index (χ1) is 10.9. The first-order valence-corrected chi connectivity index (χ1v) is 6.94. The molecule has 3 atom stereocenters. The van der Waals surface area contributed by atoms with Gasteiger partial charge in [0.05, 0.1) is 6.54 Å². The van der Waals surface area contributed by atoms with E-state index in [-0.39, 0.29) is 0 Å². The molecule has 0 saturated heterocycles. The molecule has 3 unspecified atom stereocenters. The predicted octanol–water partition coefficient (Wildman–Crippen LogP) is -0.226. The van der Waals surface area contributed by atoms with Crippen molar-refractivity contribution < 1.29 is 30.0 Å². The van der Waals surface area contributed by atoms with Gasteiger partial charge in [0.2, 0.25) is 0 Å².